The minimum Gasteiger partial charge on any atom is -0.285 e. The Morgan fingerprint density at radius 3 is 2.39 bits per heavy atom. The lowest BCUT2D eigenvalue weighted by Crippen LogP contribution is -2.06. The van der Waals surface area contributed by atoms with Gasteiger partial charge in [-0.1, -0.05) is 60.7 Å². The summed E-state index contributed by atoms with van der Waals surface area (Å²) >= 11 is 0. The van der Waals surface area contributed by atoms with E-state index in [1.165, 1.54) is 10.9 Å². The Morgan fingerprint density at radius 2 is 1.63 bits per heavy atom. The van der Waals surface area contributed by atoms with Gasteiger partial charge in [-0.2, -0.15) is 21.6 Å². The fourth-order valence-corrected chi connectivity index (χ4v) is 5.81. The van der Waals surface area contributed by atoms with Crippen LogP contribution in [-0.4, -0.2) is 43.5 Å². The highest BCUT2D eigenvalue weighted by Gasteiger charge is 2.18. The molecule has 194 valence electrons. The van der Waals surface area contributed by atoms with Crippen LogP contribution in [0.5, 0.6) is 0 Å². The highest BCUT2D eigenvalue weighted by atomic mass is 32.2. The fourth-order valence-electron chi connectivity index (χ4n) is 4.23. The van der Waals surface area contributed by atoms with Crippen LogP contribution < -0.4 is 0 Å². The normalized spacial score (nSPS) is 12.6. The average Bonchev–Trinajstić information content (AvgIpc) is 3.32. The lowest BCUT2D eigenvalue weighted by atomic mass is 10.1. The molecule has 1 heterocycles. The van der Waals surface area contributed by atoms with E-state index < -0.39 is 26.0 Å². The topological polar surface area (TPSA) is 128 Å². The zero-order chi connectivity index (χ0) is 27.1. The first-order chi connectivity index (χ1) is 18.0. The highest BCUT2D eigenvalue weighted by molar-refractivity contribution is 7.86. The number of benzene rings is 4. The van der Waals surface area contributed by atoms with Gasteiger partial charge in [0.15, 0.2) is 0 Å². The van der Waals surface area contributed by atoms with E-state index in [4.69, 9.17) is 0 Å². The minimum absolute atomic E-state index is 0.0103. The van der Waals surface area contributed by atoms with Crippen LogP contribution in [0.2, 0.25) is 0 Å². The van der Waals surface area contributed by atoms with Gasteiger partial charge in [-0.15, -0.1) is 10.2 Å². The molecule has 38 heavy (non-hydrogen) atoms. The van der Waals surface area contributed by atoms with Crippen molar-refractivity contribution in [1.29, 1.82) is 0 Å². The molecule has 0 bridgehead atoms. The summed E-state index contributed by atoms with van der Waals surface area (Å²) in [6, 6.07) is 21.5. The Bertz CT molecular complexity index is 1940. The molecular weight excluding hydrogens is 526 g/mol. The van der Waals surface area contributed by atoms with Crippen LogP contribution in [0.25, 0.3) is 39.6 Å². The fraction of sp³-hybridized carbons (Fsp3) is 0.111. The van der Waals surface area contributed by atoms with Crippen molar-refractivity contribution >= 4 is 54.2 Å². The number of aryl methyl sites for hydroxylation is 1. The molecule has 5 aromatic rings. The van der Waals surface area contributed by atoms with E-state index in [2.05, 4.69) is 14.4 Å². The molecule has 0 saturated heterocycles. The standard InChI is InChI=1S/C27H23N3O6S2/c1-18-7-8-21(26(15-18)38(34,35)36-2)10-9-19-11-13-23(16-22(19)17-37(31,32)33)30-28-25-14-12-20-5-3-4-6-24(20)27(25)29-30/h3-16H,17H2,1-2H3,(H,31,32,33). The van der Waals surface area contributed by atoms with Crippen molar-refractivity contribution < 1.29 is 25.6 Å². The summed E-state index contributed by atoms with van der Waals surface area (Å²) in [5.41, 5.74) is 3.74. The molecule has 0 unspecified atom stereocenters. The Labute approximate surface area is 219 Å². The molecule has 0 atom stereocenters. The zero-order valence-electron chi connectivity index (χ0n) is 20.4. The first kappa shape index (κ1) is 25.7. The number of nitrogens with zero attached hydrogens (tertiary/aromatic N) is 3. The summed E-state index contributed by atoms with van der Waals surface area (Å²) in [7, 11) is -7.26. The van der Waals surface area contributed by atoms with Crippen LogP contribution in [0.15, 0.2) is 77.7 Å². The predicted octanol–water partition coefficient (Wildman–Crippen LogP) is 4.78. The van der Waals surface area contributed by atoms with Gasteiger partial charge >= 0.3 is 0 Å². The Balaban J connectivity index is 1.59. The molecule has 4 aromatic carbocycles. The molecule has 0 radical (unpaired) electrons. The number of rotatable bonds is 7. The zero-order valence-corrected chi connectivity index (χ0v) is 22.1. The van der Waals surface area contributed by atoms with Crippen LogP contribution in [-0.2, 0) is 30.2 Å². The first-order valence-corrected chi connectivity index (χ1v) is 14.5. The van der Waals surface area contributed by atoms with Crippen molar-refractivity contribution in [3.8, 4) is 5.69 Å². The van der Waals surface area contributed by atoms with Gasteiger partial charge in [0.1, 0.15) is 21.7 Å². The van der Waals surface area contributed by atoms with Gasteiger partial charge in [0, 0.05) is 5.39 Å². The number of hydrogen-bond donors (Lipinski definition) is 1. The third-order valence-corrected chi connectivity index (χ3v) is 8.08. The molecule has 1 aromatic heterocycles. The van der Waals surface area contributed by atoms with Crippen molar-refractivity contribution in [2.24, 2.45) is 0 Å². The quantitative estimate of drug-likeness (QED) is 0.175. The molecule has 9 nitrogen and oxygen atoms in total. The minimum atomic E-state index is -4.38. The molecule has 5 rings (SSSR count). The van der Waals surface area contributed by atoms with Gasteiger partial charge in [-0.05, 0) is 58.8 Å². The van der Waals surface area contributed by atoms with Crippen LogP contribution >= 0.6 is 0 Å². The summed E-state index contributed by atoms with van der Waals surface area (Å²) in [6.07, 6.45) is 3.14. The van der Waals surface area contributed by atoms with Crippen molar-refractivity contribution in [3.05, 3.63) is 95.1 Å². The van der Waals surface area contributed by atoms with E-state index in [-0.39, 0.29) is 10.5 Å². The maximum atomic E-state index is 12.4. The maximum Gasteiger partial charge on any atom is 0.297 e. The van der Waals surface area contributed by atoms with Crippen LogP contribution in [0.1, 0.15) is 22.3 Å². The SMILES string of the molecule is COS(=O)(=O)c1cc(C)ccc1C=Cc1ccc(-n2nc3ccc4ccccc4c3n2)cc1CS(=O)(=O)O. The van der Waals surface area contributed by atoms with Gasteiger partial charge < -0.3 is 0 Å². The second kappa shape index (κ2) is 9.76. The molecule has 0 amide bonds. The summed E-state index contributed by atoms with van der Waals surface area (Å²) in [5, 5.41) is 11.1. The second-order valence-corrected chi connectivity index (χ2v) is 11.9. The second-order valence-electron chi connectivity index (χ2n) is 8.75. The molecule has 0 saturated carbocycles. The summed E-state index contributed by atoms with van der Waals surface area (Å²) in [6.45, 7) is 1.76. The van der Waals surface area contributed by atoms with Crippen molar-refractivity contribution in [3.63, 3.8) is 0 Å². The molecular formula is C27H23N3O6S2. The van der Waals surface area contributed by atoms with Crippen molar-refractivity contribution in [2.45, 2.75) is 17.6 Å². The van der Waals surface area contributed by atoms with Crippen molar-refractivity contribution in [1.82, 2.24) is 15.0 Å². The lowest BCUT2D eigenvalue weighted by Gasteiger charge is -2.09. The largest absolute Gasteiger partial charge is 0.297 e. The van der Waals surface area contributed by atoms with Crippen LogP contribution in [0.4, 0.5) is 0 Å². The predicted molar refractivity (Wildman–Crippen MR) is 146 cm³/mol. The average molecular weight is 550 g/mol. The molecule has 0 aliphatic carbocycles. The number of fused-ring (bicyclic) bond motifs is 3. The highest BCUT2D eigenvalue weighted by Crippen LogP contribution is 2.26. The number of hydrogen-bond acceptors (Lipinski definition) is 7. The Kier molecular flexibility index (Phi) is 6.61. The van der Waals surface area contributed by atoms with Crippen LogP contribution in [0.3, 0.4) is 0 Å². The van der Waals surface area contributed by atoms with E-state index in [0.717, 1.165) is 23.4 Å². The van der Waals surface area contributed by atoms with Gasteiger partial charge in [-0.25, -0.2) is 0 Å². The van der Waals surface area contributed by atoms with E-state index in [1.54, 1.807) is 49.4 Å². The third kappa shape index (κ3) is 5.22. The summed E-state index contributed by atoms with van der Waals surface area (Å²) in [5.74, 6) is -0.651. The molecule has 0 aliphatic heterocycles. The van der Waals surface area contributed by atoms with E-state index in [9.17, 15) is 21.4 Å². The number of aromatic nitrogens is 3. The Morgan fingerprint density at radius 1 is 0.895 bits per heavy atom. The van der Waals surface area contributed by atoms with Gasteiger partial charge in [0.05, 0.1) is 12.8 Å². The lowest BCUT2D eigenvalue weighted by molar-refractivity contribution is 0.397. The van der Waals surface area contributed by atoms with E-state index in [0.29, 0.717) is 27.8 Å². The smallest absolute Gasteiger partial charge is 0.285 e. The van der Waals surface area contributed by atoms with Gasteiger partial charge in [-0.3, -0.25) is 8.74 Å². The molecule has 0 aliphatic rings. The van der Waals surface area contributed by atoms with Gasteiger partial charge in [0.2, 0.25) is 0 Å². The molecule has 1 N–H and O–H groups in total. The van der Waals surface area contributed by atoms with E-state index in [1.807, 2.05) is 36.4 Å². The summed E-state index contributed by atoms with van der Waals surface area (Å²) < 4.78 is 62.8. The Hall–Kier alpha value is -3.90. The molecule has 11 heteroatoms. The van der Waals surface area contributed by atoms with Crippen LogP contribution in [0, 0.1) is 6.92 Å². The third-order valence-electron chi connectivity index (χ3n) is 6.07. The molecule has 0 spiro atoms. The summed E-state index contributed by atoms with van der Waals surface area (Å²) in [4.78, 5) is 1.41. The first-order valence-electron chi connectivity index (χ1n) is 11.5. The van der Waals surface area contributed by atoms with Gasteiger partial charge in [0.25, 0.3) is 20.2 Å². The van der Waals surface area contributed by atoms with E-state index >= 15 is 0 Å². The van der Waals surface area contributed by atoms with Crippen molar-refractivity contribution in [2.75, 3.05) is 7.11 Å². The maximum absolute atomic E-state index is 12.4. The monoisotopic (exact) mass is 549 g/mol. The molecule has 0 fully saturated rings.